The van der Waals surface area contributed by atoms with Crippen LogP contribution in [-0.2, 0) is 14.3 Å². The van der Waals surface area contributed by atoms with Gasteiger partial charge in [0.05, 0.1) is 13.0 Å². The van der Waals surface area contributed by atoms with E-state index >= 15 is 0 Å². The number of esters is 1. The van der Waals surface area contributed by atoms with Gasteiger partial charge in [-0.1, -0.05) is 18.2 Å². The number of nitrogens with one attached hydrogen (secondary N) is 2. The Morgan fingerprint density at radius 3 is 2.35 bits per heavy atom. The Labute approximate surface area is 135 Å². The van der Waals surface area contributed by atoms with Crippen LogP contribution in [0, 0.1) is 0 Å². The molecule has 1 atom stereocenters. The molecular weight excluding hydrogens is 300 g/mol. The molecule has 0 fully saturated rings. The summed E-state index contributed by atoms with van der Waals surface area (Å²) in [6.07, 6.45) is -1.05. The fourth-order valence-electron chi connectivity index (χ4n) is 1.59. The van der Waals surface area contributed by atoms with Crippen molar-refractivity contribution in [1.82, 2.24) is 10.6 Å². The molecule has 1 rings (SSSR count). The van der Waals surface area contributed by atoms with Gasteiger partial charge in [-0.15, -0.1) is 0 Å². The van der Waals surface area contributed by atoms with Crippen LogP contribution >= 0.6 is 0 Å². The number of hydrogen-bond acceptors (Lipinski definition) is 5. The summed E-state index contributed by atoms with van der Waals surface area (Å²) in [6.45, 7) is 5.07. The molecule has 2 N–H and O–H groups in total. The van der Waals surface area contributed by atoms with Crippen molar-refractivity contribution in [2.24, 2.45) is 0 Å². The number of carbonyl (C=O) groups is 3. The SMILES string of the molecule is CC(C)NC(=O)NC(=O)C(C)OC(=O)CCOc1ccccc1. The van der Waals surface area contributed by atoms with Crippen LogP contribution in [0.15, 0.2) is 30.3 Å². The molecule has 0 aliphatic rings. The van der Waals surface area contributed by atoms with E-state index in [2.05, 4.69) is 10.6 Å². The van der Waals surface area contributed by atoms with Crippen molar-refractivity contribution in [3.05, 3.63) is 30.3 Å². The molecule has 1 aromatic rings. The summed E-state index contributed by atoms with van der Waals surface area (Å²) in [5.74, 6) is -0.607. The number of urea groups is 1. The predicted molar refractivity (Wildman–Crippen MR) is 83.9 cm³/mol. The lowest BCUT2D eigenvalue weighted by Gasteiger charge is -2.14. The van der Waals surface area contributed by atoms with Gasteiger partial charge in [-0.3, -0.25) is 14.9 Å². The average Bonchev–Trinajstić information content (AvgIpc) is 2.47. The second kappa shape index (κ2) is 9.45. The van der Waals surface area contributed by atoms with Crippen molar-refractivity contribution in [3.8, 4) is 5.75 Å². The first-order valence-corrected chi connectivity index (χ1v) is 7.37. The number of benzene rings is 1. The molecule has 126 valence electrons. The smallest absolute Gasteiger partial charge is 0.321 e. The monoisotopic (exact) mass is 322 g/mol. The van der Waals surface area contributed by atoms with E-state index in [1.807, 2.05) is 18.2 Å². The molecule has 1 unspecified atom stereocenters. The number of rotatable bonds is 7. The summed E-state index contributed by atoms with van der Waals surface area (Å²) in [5.41, 5.74) is 0. The van der Waals surface area contributed by atoms with Gasteiger partial charge in [-0.05, 0) is 32.9 Å². The van der Waals surface area contributed by atoms with Crippen LogP contribution in [0.2, 0.25) is 0 Å². The van der Waals surface area contributed by atoms with Gasteiger partial charge in [-0.2, -0.15) is 0 Å². The van der Waals surface area contributed by atoms with Gasteiger partial charge in [-0.25, -0.2) is 4.79 Å². The largest absolute Gasteiger partial charge is 0.493 e. The van der Waals surface area contributed by atoms with E-state index in [1.54, 1.807) is 26.0 Å². The van der Waals surface area contributed by atoms with Gasteiger partial charge < -0.3 is 14.8 Å². The van der Waals surface area contributed by atoms with Gasteiger partial charge in [0.2, 0.25) is 0 Å². The van der Waals surface area contributed by atoms with Crippen molar-refractivity contribution >= 4 is 17.9 Å². The van der Waals surface area contributed by atoms with Crippen LogP contribution in [0.3, 0.4) is 0 Å². The van der Waals surface area contributed by atoms with E-state index in [0.717, 1.165) is 0 Å². The molecule has 0 saturated heterocycles. The topological polar surface area (TPSA) is 93.7 Å². The highest BCUT2D eigenvalue weighted by atomic mass is 16.5. The zero-order valence-corrected chi connectivity index (χ0v) is 13.5. The fraction of sp³-hybridized carbons (Fsp3) is 0.438. The fourth-order valence-corrected chi connectivity index (χ4v) is 1.59. The van der Waals surface area contributed by atoms with Crippen LogP contribution in [-0.4, -0.2) is 36.7 Å². The van der Waals surface area contributed by atoms with Gasteiger partial charge in [0, 0.05) is 6.04 Å². The van der Waals surface area contributed by atoms with E-state index < -0.39 is 24.0 Å². The minimum absolute atomic E-state index is 0.00467. The highest BCUT2D eigenvalue weighted by Crippen LogP contribution is 2.08. The minimum atomic E-state index is -1.06. The molecule has 23 heavy (non-hydrogen) atoms. The first kappa shape index (κ1) is 18.5. The van der Waals surface area contributed by atoms with Crippen molar-refractivity contribution < 1.29 is 23.9 Å². The highest BCUT2D eigenvalue weighted by Gasteiger charge is 2.20. The maximum atomic E-state index is 11.7. The van der Waals surface area contributed by atoms with Crippen LogP contribution in [0.1, 0.15) is 27.2 Å². The number of carbonyl (C=O) groups excluding carboxylic acids is 3. The molecule has 0 aliphatic carbocycles. The molecule has 1 aromatic carbocycles. The number of hydrogen-bond donors (Lipinski definition) is 2. The van der Waals surface area contributed by atoms with Crippen molar-refractivity contribution in [1.29, 1.82) is 0 Å². The molecule has 0 bridgehead atoms. The lowest BCUT2D eigenvalue weighted by atomic mass is 10.3. The molecule has 7 nitrogen and oxygen atoms in total. The zero-order valence-electron chi connectivity index (χ0n) is 13.5. The van der Waals surface area contributed by atoms with Crippen LogP contribution in [0.25, 0.3) is 0 Å². The Hall–Kier alpha value is -2.57. The van der Waals surface area contributed by atoms with Crippen molar-refractivity contribution in [2.75, 3.05) is 6.61 Å². The molecule has 3 amide bonds. The van der Waals surface area contributed by atoms with Gasteiger partial charge in [0.25, 0.3) is 5.91 Å². The first-order chi connectivity index (χ1) is 10.9. The van der Waals surface area contributed by atoms with Crippen molar-refractivity contribution in [2.45, 2.75) is 39.3 Å². The van der Waals surface area contributed by atoms with E-state index in [1.165, 1.54) is 6.92 Å². The number of ether oxygens (including phenoxy) is 2. The minimum Gasteiger partial charge on any atom is -0.493 e. The van der Waals surface area contributed by atoms with E-state index in [0.29, 0.717) is 5.75 Å². The summed E-state index contributed by atoms with van der Waals surface area (Å²) in [4.78, 5) is 34.7. The van der Waals surface area contributed by atoms with E-state index in [-0.39, 0.29) is 19.1 Å². The van der Waals surface area contributed by atoms with E-state index in [9.17, 15) is 14.4 Å². The third-order valence-electron chi connectivity index (χ3n) is 2.65. The first-order valence-electron chi connectivity index (χ1n) is 7.37. The molecule has 0 saturated carbocycles. The van der Waals surface area contributed by atoms with Crippen LogP contribution < -0.4 is 15.4 Å². The lowest BCUT2D eigenvalue weighted by molar-refractivity contribution is -0.154. The Morgan fingerprint density at radius 1 is 1.09 bits per heavy atom. The Balaban J connectivity index is 2.27. The molecule has 0 aliphatic heterocycles. The lowest BCUT2D eigenvalue weighted by Crippen LogP contribution is -2.46. The third-order valence-corrected chi connectivity index (χ3v) is 2.65. The summed E-state index contributed by atoms with van der Waals surface area (Å²) in [6, 6.07) is 8.32. The number of imide groups is 1. The summed E-state index contributed by atoms with van der Waals surface area (Å²) < 4.78 is 10.3. The molecule has 0 aromatic heterocycles. The summed E-state index contributed by atoms with van der Waals surface area (Å²) in [5, 5.41) is 4.60. The summed E-state index contributed by atoms with van der Waals surface area (Å²) >= 11 is 0. The quantitative estimate of drug-likeness (QED) is 0.744. The van der Waals surface area contributed by atoms with E-state index in [4.69, 9.17) is 9.47 Å². The van der Waals surface area contributed by atoms with Crippen LogP contribution in [0.5, 0.6) is 5.75 Å². The molecule has 0 heterocycles. The van der Waals surface area contributed by atoms with Crippen LogP contribution in [0.4, 0.5) is 4.79 Å². The van der Waals surface area contributed by atoms with Crippen molar-refractivity contribution in [3.63, 3.8) is 0 Å². The molecule has 0 spiro atoms. The Morgan fingerprint density at radius 2 is 1.74 bits per heavy atom. The average molecular weight is 322 g/mol. The van der Waals surface area contributed by atoms with Gasteiger partial charge >= 0.3 is 12.0 Å². The molecular formula is C16H22N2O5. The molecule has 0 radical (unpaired) electrons. The van der Waals surface area contributed by atoms with Gasteiger partial charge in [0.15, 0.2) is 6.10 Å². The maximum Gasteiger partial charge on any atom is 0.321 e. The normalized spacial score (nSPS) is 11.5. The summed E-state index contributed by atoms with van der Waals surface area (Å²) in [7, 11) is 0. The predicted octanol–water partition coefficient (Wildman–Crippen LogP) is 1.62. The number of para-hydroxylation sites is 1. The molecule has 7 heteroatoms. The Bertz CT molecular complexity index is 531. The Kier molecular flexibility index (Phi) is 7.59. The second-order valence-electron chi connectivity index (χ2n) is 5.16. The second-order valence-corrected chi connectivity index (χ2v) is 5.16. The van der Waals surface area contributed by atoms with Gasteiger partial charge in [0.1, 0.15) is 5.75 Å². The third kappa shape index (κ3) is 7.85. The maximum absolute atomic E-state index is 11.7. The standard InChI is InChI=1S/C16H22N2O5/c1-11(2)17-16(21)18-15(20)12(3)23-14(19)9-10-22-13-7-5-4-6-8-13/h4-8,11-12H,9-10H2,1-3H3,(H2,17,18,20,21). The highest BCUT2D eigenvalue weighted by molar-refractivity contribution is 5.97. The zero-order chi connectivity index (χ0) is 17.2. The number of amides is 3.